The van der Waals surface area contributed by atoms with Crippen LogP contribution in [0, 0.1) is 0 Å². The number of amides is 1. The summed E-state index contributed by atoms with van der Waals surface area (Å²) in [5, 5.41) is 5.03. The van der Waals surface area contributed by atoms with Gasteiger partial charge in [-0.05, 0) is 43.0 Å². The second kappa shape index (κ2) is 5.31. The zero-order valence-electron chi connectivity index (χ0n) is 10.5. The van der Waals surface area contributed by atoms with Crippen LogP contribution in [0.15, 0.2) is 42.0 Å². The number of thiophene rings is 1. The van der Waals surface area contributed by atoms with Gasteiger partial charge in [-0.1, -0.05) is 6.07 Å². The van der Waals surface area contributed by atoms with Crippen LogP contribution in [0.3, 0.4) is 0 Å². The first-order chi connectivity index (χ1) is 8.58. The summed E-state index contributed by atoms with van der Waals surface area (Å²) in [7, 11) is 0. The smallest absolute Gasteiger partial charge is 0.225 e. The van der Waals surface area contributed by atoms with E-state index < -0.39 is 0 Å². The van der Waals surface area contributed by atoms with E-state index >= 15 is 0 Å². The van der Waals surface area contributed by atoms with Gasteiger partial charge in [0.05, 0.1) is 12.0 Å². The first-order valence-electron chi connectivity index (χ1n) is 5.82. The van der Waals surface area contributed by atoms with Crippen molar-refractivity contribution in [1.29, 1.82) is 0 Å². The highest BCUT2D eigenvalue weighted by molar-refractivity contribution is 7.10. The molecule has 0 saturated carbocycles. The standard InChI is InChI=1S/C14H16N2OS/c1-14(2,11-5-7-15-8-6-11)16-13(17)10-12-4-3-9-18-12/h3-9H,10H2,1-2H3,(H,16,17). The molecule has 0 saturated heterocycles. The molecule has 1 N–H and O–H groups in total. The number of aromatic nitrogens is 1. The van der Waals surface area contributed by atoms with Gasteiger partial charge in [-0.2, -0.15) is 0 Å². The lowest BCUT2D eigenvalue weighted by molar-refractivity contribution is -0.122. The fourth-order valence-corrected chi connectivity index (χ4v) is 2.51. The van der Waals surface area contributed by atoms with Crippen molar-refractivity contribution in [3.8, 4) is 0 Å². The van der Waals surface area contributed by atoms with Gasteiger partial charge in [0.2, 0.25) is 5.91 Å². The van der Waals surface area contributed by atoms with E-state index in [9.17, 15) is 4.79 Å². The van der Waals surface area contributed by atoms with E-state index in [4.69, 9.17) is 0 Å². The predicted octanol–water partition coefficient (Wildman–Crippen LogP) is 2.74. The van der Waals surface area contributed by atoms with Crippen LogP contribution in [0.25, 0.3) is 0 Å². The second-order valence-electron chi connectivity index (χ2n) is 4.67. The van der Waals surface area contributed by atoms with E-state index in [1.807, 2.05) is 43.5 Å². The van der Waals surface area contributed by atoms with Crippen LogP contribution in [0.1, 0.15) is 24.3 Å². The molecule has 0 radical (unpaired) electrons. The van der Waals surface area contributed by atoms with Gasteiger partial charge >= 0.3 is 0 Å². The predicted molar refractivity (Wildman–Crippen MR) is 73.4 cm³/mol. The summed E-state index contributed by atoms with van der Waals surface area (Å²) in [5.41, 5.74) is 0.675. The molecule has 0 unspecified atom stereocenters. The number of carbonyl (C=O) groups excluding carboxylic acids is 1. The molecule has 0 atom stereocenters. The van der Waals surface area contributed by atoms with E-state index in [-0.39, 0.29) is 11.4 Å². The molecule has 0 fully saturated rings. The monoisotopic (exact) mass is 260 g/mol. The number of hydrogen-bond donors (Lipinski definition) is 1. The summed E-state index contributed by atoms with van der Waals surface area (Å²) >= 11 is 1.60. The zero-order valence-corrected chi connectivity index (χ0v) is 11.3. The Balaban J connectivity index is 2.02. The Kier molecular flexibility index (Phi) is 3.77. The molecule has 3 nitrogen and oxygen atoms in total. The van der Waals surface area contributed by atoms with Crippen molar-refractivity contribution in [1.82, 2.24) is 10.3 Å². The molecular formula is C14H16N2OS. The minimum absolute atomic E-state index is 0.0410. The van der Waals surface area contributed by atoms with Crippen molar-refractivity contribution in [3.05, 3.63) is 52.5 Å². The molecule has 2 heterocycles. The van der Waals surface area contributed by atoms with Gasteiger partial charge in [0, 0.05) is 17.3 Å². The van der Waals surface area contributed by atoms with E-state index in [1.165, 1.54) is 0 Å². The summed E-state index contributed by atoms with van der Waals surface area (Å²) in [6.45, 7) is 3.99. The molecule has 4 heteroatoms. The number of nitrogens with one attached hydrogen (secondary N) is 1. The van der Waals surface area contributed by atoms with Gasteiger partial charge in [-0.25, -0.2) is 0 Å². The van der Waals surface area contributed by atoms with Crippen molar-refractivity contribution in [2.45, 2.75) is 25.8 Å². The van der Waals surface area contributed by atoms with Crippen LogP contribution in [0.2, 0.25) is 0 Å². The van der Waals surface area contributed by atoms with Crippen molar-refractivity contribution >= 4 is 17.2 Å². The number of pyridine rings is 1. The average molecular weight is 260 g/mol. The Morgan fingerprint density at radius 3 is 2.67 bits per heavy atom. The van der Waals surface area contributed by atoms with Crippen LogP contribution in [0.5, 0.6) is 0 Å². The van der Waals surface area contributed by atoms with Gasteiger partial charge in [-0.3, -0.25) is 9.78 Å². The summed E-state index contributed by atoms with van der Waals surface area (Å²) in [4.78, 5) is 17.0. The second-order valence-corrected chi connectivity index (χ2v) is 5.70. The maximum Gasteiger partial charge on any atom is 0.225 e. The van der Waals surface area contributed by atoms with Gasteiger partial charge in [0.25, 0.3) is 0 Å². The molecule has 2 aromatic rings. The van der Waals surface area contributed by atoms with Gasteiger partial charge < -0.3 is 5.32 Å². The Hall–Kier alpha value is -1.68. The molecular weight excluding hydrogens is 244 g/mol. The molecule has 1 amide bonds. The normalized spacial score (nSPS) is 11.2. The zero-order chi connectivity index (χ0) is 13.0. The third-order valence-corrected chi connectivity index (χ3v) is 3.65. The summed E-state index contributed by atoms with van der Waals surface area (Å²) in [5.74, 6) is 0.0410. The van der Waals surface area contributed by atoms with Gasteiger partial charge in [-0.15, -0.1) is 11.3 Å². The van der Waals surface area contributed by atoms with Gasteiger partial charge in [0.15, 0.2) is 0 Å². The molecule has 0 aliphatic carbocycles. The summed E-state index contributed by atoms with van der Waals surface area (Å²) < 4.78 is 0. The molecule has 0 aromatic carbocycles. The molecule has 94 valence electrons. The van der Waals surface area contributed by atoms with Crippen LogP contribution in [-0.4, -0.2) is 10.9 Å². The maximum absolute atomic E-state index is 12.0. The Labute approximate surface area is 111 Å². The minimum Gasteiger partial charge on any atom is -0.347 e. The van der Waals surface area contributed by atoms with Crippen molar-refractivity contribution in [2.24, 2.45) is 0 Å². The lowest BCUT2D eigenvalue weighted by atomic mass is 9.95. The van der Waals surface area contributed by atoms with E-state index in [2.05, 4.69) is 10.3 Å². The fraction of sp³-hybridized carbons (Fsp3) is 0.286. The highest BCUT2D eigenvalue weighted by Gasteiger charge is 2.22. The number of hydrogen-bond acceptors (Lipinski definition) is 3. The largest absolute Gasteiger partial charge is 0.347 e. The van der Waals surface area contributed by atoms with Crippen molar-refractivity contribution < 1.29 is 4.79 Å². The Morgan fingerprint density at radius 2 is 2.06 bits per heavy atom. The van der Waals surface area contributed by atoms with Crippen LogP contribution in [-0.2, 0) is 16.8 Å². The number of carbonyl (C=O) groups is 1. The quantitative estimate of drug-likeness (QED) is 0.918. The minimum atomic E-state index is -0.378. The number of nitrogens with zero attached hydrogens (tertiary/aromatic N) is 1. The molecule has 0 bridgehead atoms. The highest BCUT2D eigenvalue weighted by Crippen LogP contribution is 2.19. The van der Waals surface area contributed by atoms with E-state index in [0.29, 0.717) is 6.42 Å². The summed E-state index contributed by atoms with van der Waals surface area (Å²) in [6, 6.07) is 7.78. The highest BCUT2D eigenvalue weighted by atomic mass is 32.1. The Bertz CT molecular complexity index is 506. The van der Waals surface area contributed by atoms with Crippen LogP contribution >= 0.6 is 11.3 Å². The molecule has 2 aromatic heterocycles. The van der Waals surface area contributed by atoms with Gasteiger partial charge in [0.1, 0.15) is 0 Å². The topological polar surface area (TPSA) is 42.0 Å². The van der Waals surface area contributed by atoms with Crippen molar-refractivity contribution in [3.63, 3.8) is 0 Å². The third-order valence-electron chi connectivity index (χ3n) is 2.77. The number of rotatable bonds is 4. The molecule has 0 aliphatic heterocycles. The van der Waals surface area contributed by atoms with E-state index in [1.54, 1.807) is 23.7 Å². The van der Waals surface area contributed by atoms with Crippen molar-refractivity contribution in [2.75, 3.05) is 0 Å². The lowest BCUT2D eigenvalue weighted by Crippen LogP contribution is -2.41. The SMILES string of the molecule is CC(C)(NC(=O)Cc1cccs1)c1ccncc1. The third kappa shape index (κ3) is 3.17. The first kappa shape index (κ1) is 12.8. The van der Waals surface area contributed by atoms with Crippen LogP contribution < -0.4 is 5.32 Å². The lowest BCUT2D eigenvalue weighted by Gasteiger charge is -2.26. The maximum atomic E-state index is 12.0. The molecule has 0 spiro atoms. The Morgan fingerprint density at radius 1 is 1.33 bits per heavy atom. The average Bonchev–Trinajstić information content (AvgIpc) is 2.82. The molecule has 18 heavy (non-hydrogen) atoms. The molecule has 2 rings (SSSR count). The fourth-order valence-electron chi connectivity index (χ4n) is 1.80. The molecule has 0 aliphatic rings. The summed E-state index contributed by atoms with van der Waals surface area (Å²) in [6.07, 6.45) is 3.91. The van der Waals surface area contributed by atoms with E-state index in [0.717, 1.165) is 10.4 Å². The first-order valence-corrected chi connectivity index (χ1v) is 6.70. The van der Waals surface area contributed by atoms with Crippen LogP contribution in [0.4, 0.5) is 0 Å².